The van der Waals surface area contributed by atoms with Crippen LogP contribution >= 0.6 is 0 Å². The summed E-state index contributed by atoms with van der Waals surface area (Å²) in [5.41, 5.74) is 0.368. The molecule has 1 atom stereocenters. The Kier molecular flexibility index (Phi) is 7.20. The van der Waals surface area contributed by atoms with Crippen LogP contribution in [0.25, 0.3) is 0 Å². The minimum Gasteiger partial charge on any atom is -0.316 e. The van der Waals surface area contributed by atoms with Crippen molar-refractivity contribution < 1.29 is 0 Å². The van der Waals surface area contributed by atoms with Gasteiger partial charge in [0.2, 0.25) is 0 Å². The van der Waals surface area contributed by atoms with Crippen LogP contribution in [0.15, 0.2) is 0 Å². The Labute approximate surface area is 96.4 Å². The summed E-state index contributed by atoms with van der Waals surface area (Å²) in [5.74, 6) is 0. The van der Waals surface area contributed by atoms with Crippen LogP contribution in [0.4, 0.5) is 0 Å². The van der Waals surface area contributed by atoms with E-state index in [4.69, 9.17) is 0 Å². The zero-order valence-electron chi connectivity index (χ0n) is 11.6. The average molecular weight is 214 g/mol. The van der Waals surface area contributed by atoms with Gasteiger partial charge in [0.1, 0.15) is 0 Å². The topological polar surface area (TPSA) is 15.3 Å². The first-order valence-corrected chi connectivity index (χ1v) is 6.34. The first-order valence-electron chi connectivity index (χ1n) is 6.34. The molecule has 0 bridgehead atoms. The van der Waals surface area contributed by atoms with Gasteiger partial charge in [0.05, 0.1) is 0 Å². The molecule has 0 rings (SSSR count). The van der Waals surface area contributed by atoms with Crippen LogP contribution in [0.2, 0.25) is 0 Å². The summed E-state index contributed by atoms with van der Waals surface area (Å²) in [6.07, 6.45) is 2.58. The summed E-state index contributed by atoms with van der Waals surface area (Å²) in [6, 6.07) is 0.705. The Morgan fingerprint density at radius 3 is 2.33 bits per heavy atom. The average Bonchev–Trinajstić information content (AvgIpc) is 2.14. The van der Waals surface area contributed by atoms with Crippen molar-refractivity contribution in [2.24, 2.45) is 5.41 Å². The Morgan fingerprint density at radius 1 is 1.27 bits per heavy atom. The number of rotatable bonds is 8. The minimum atomic E-state index is 0.368. The molecule has 0 aliphatic rings. The van der Waals surface area contributed by atoms with Gasteiger partial charge >= 0.3 is 0 Å². The van der Waals surface area contributed by atoms with E-state index in [1.54, 1.807) is 0 Å². The zero-order valence-corrected chi connectivity index (χ0v) is 11.6. The Bertz CT molecular complexity index is 155. The molecule has 0 aromatic heterocycles. The quantitative estimate of drug-likeness (QED) is 0.668. The van der Waals surface area contributed by atoms with Crippen molar-refractivity contribution in [1.82, 2.24) is 10.2 Å². The second kappa shape index (κ2) is 7.24. The van der Waals surface area contributed by atoms with Crippen LogP contribution in [0.5, 0.6) is 0 Å². The molecule has 0 heterocycles. The summed E-state index contributed by atoms with van der Waals surface area (Å²) < 4.78 is 0. The lowest BCUT2D eigenvalue weighted by Crippen LogP contribution is -2.42. The van der Waals surface area contributed by atoms with E-state index in [9.17, 15) is 0 Å². The third kappa shape index (κ3) is 6.91. The highest BCUT2D eigenvalue weighted by atomic mass is 15.1. The van der Waals surface area contributed by atoms with E-state index >= 15 is 0 Å². The lowest BCUT2D eigenvalue weighted by atomic mass is 9.92. The molecular formula is C13H30N2. The predicted octanol–water partition coefficient (Wildman–Crippen LogP) is 2.74. The van der Waals surface area contributed by atoms with Crippen molar-refractivity contribution in [2.75, 3.05) is 26.7 Å². The van der Waals surface area contributed by atoms with E-state index in [1.807, 2.05) is 0 Å². The number of nitrogens with one attached hydrogen (secondary N) is 1. The molecule has 0 saturated heterocycles. The van der Waals surface area contributed by atoms with Crippen LogP contribution < -0.4 is 5.32 Å². The van der Waals surface area contributed by atoms with Gasteiger partial charge in [-0.25, -0.2) is 0 Å². The van der Waals surface area contributed by atoms with Crippen LogP contribution in [0.3, 0.4) is 0 Å². The smallest absolute Gasteiger partial charge is 0.00640 e. The molecule has 0 aromatic rings. The lowest BCUT2D eigenvalue weighted by molar-refractivity contribution is 0.160. The third-order valence-corrected chi connectivity index (χ3v) is 2.99. The van der Waals surface area contributed by atoms with E-state index < -0.39 is 0 Å². The van der Waals surface area contributed by atoms with Crippen molar-refractivity contribution in [3.63, 3.8) is 0 Å². The summed E-state index contributed by atoms with van der Waals surface area (Å²) in [6.45, 7) is 14.8. The van der Waals surface area contributed by atoms with Crippen molar-refractivity contribution in [3.8, 4) is 0 Å². The van der Waals surface area contributed by atoms with E-state index in [0.29, 0.717) is 11.5 Å². The fourth-order valence-corrected chi connectivity index (χ4v) is 1.99. The van der Waals surface area contributed by atoms with Gasteiger partial charge in [-0.3, -0.25) is 0 Å². The van der Waals surface area contributed by atoms with Crippen LogP contribution in [-0.4, -0.2) is 37.6 Å². The van der Waals surface area contributed by atoms with Crippen molar-refractivity contribution in [1.29, 1.82) is 0 Å². The molecule has 0 spiro atoms. The standard InChI is InChI=1S/C13H30N2/c1-7-9-12(3)15(6)11-13(4,5)10-14-8-2/h12,14H,7-11H2,1-6H3. The molecule has 0 aromatic carbocycles. The molecule has 0 aliphatic carbocycles. The van der Waals surface area contributed by atoms with Crippen LogP contribution in [-0.2, 0) is 0 Å². The van der Waals surface area contributed by atoms with Gasteiger partial charge in [0, 0.05) is 19.1 Å². The van der Waals surface area contributed by atoms with Crippen molar-refractivity contribution in [2.45, 2.75) is 53.5 Å². The van der Waals surface area contributed by atoms with Crippen LogP contribution in [0, 0.1) is 5.41 Å². The summed E-state index contributed by atoms with van der Waals surface area (Å²) in [7, 11) is 2.24. The number of nitrogens with zero attached hydrogens (tertiary/aromatic N) is 1. The predicted molar refractivity (Wildman–Crippen MR) is 69.3 cm³/mol. The highest BCUT2D eigenvalue weighted by Crippen LogP contribution is 2.17. The van der Waals surface area contributed by atoms with Gasteiger partial charge in [0.25, 0.3) is 0 Å². The zero-order chi connectivity index (χ0) is 11.9. The normalized spacial score (nSPS) is 14.6. The molecule has 15 heavy (non-hydrogen) atoms. The maximum Gasteiger partial charge on any atom is 0.00640 e. The first kappa shape index (κ1) is 14.9. The van der Waals surface area contributed by atoms with Crippen LogP contribution in [0.1, 0.15) is 47.5 Å². The molecule has 0 saturated carbocycles. The van der Waals surface area contributed by atoms with E-state index in [-0.39, 0.29) is 0 Å². The lowest BCUT2D eigenvalue weighted by Gasteiger charge is -2.34. The van der Waals surface area contributed by atoms with E-state index in [0.717, 1.165) is 13.1 Å². The molecule has 2 heteroatoms. The summed E-state index contributed by atoms with van der Waals surface area (Å²) in [4.78, 5) is 2.49. The Balaban J connectivity index is 3.96. The van der Waals surface area contributed by atoms with Gasteiger partial charge < -0.3 is 10.2 Å². The number of hydrogen-bond donors (Lipinski definition) is 1. The third-order valence-electron chi connectivity index (χ3n) is 2.99. The largest absolute Gasteiger partial charge is 0.316 e. The van der Waals surface area contributed by atoms with E-state index in [1.165, 1.54) is 19.4 Å². The maximum atomic E-state index is 3.44. The highest BCUT2D eigenvalue weighted by molar-refractivity contribution is 4.77. The highest BCUT2D eigenvalue weighted by Gasteiger charge is 2.21. The summed E-state index contributed by atoms with van der Waals surface area (Å²) >= 11 is 0. The molecule has 0 radical (unpaired) electrons. The number of hydrogen-bond acceptors (Lipinski definition) is 2. The van der Waals surface area contributed by atoms with Gasteiger partial charge in [0.15, 0.2) is 0 Å². The van der Waals surface area contributed by atoms with Crippen molar-refractivity contribution in [3.05, 3.63) is 0 Å². The Morgan fingerprint density at radius 2 is 1.87 bits per heavy atom. The first-order chi connectivity index (χ1) is 6.93. The summed E-state index contributed by atoms with van der Waals surface area (Å²) in [5, 5.41) is 3.44. The SMILES string of the molecule is CCCC(C)N(C)CC(C)(C)CNCC. The molecule has 1 unspecified atom stereocenters. The molecule has 2 nitrogen and oxygen atoms in total. The van der Waals surface area contributed by atoms with E-state index in [2.05, 4.69) is 51.9 Å². The molecular weight excluding hydrogens is 184 g/mol. The second-order valence-electron chi connectivity index (χ2n) is 5.50. The molecule has 0 amide bonds. The van der Waals surface area contributed by atoms with Crippen molar-refractivity contribution >= 4 is 0 Å². The van der Waals surface area contributed by atoms with Gasteiger partial charge in [-0.2, -0.15) is 0 Å². The minimum absolute atomic E-state index is 0.368. The maximum absolute atomic E-state index is 3.44. The monoisotopic (exact) mass is 214 g/mol. The fourth-order valence-electron chi connectivity index (χ4n) is 1.99. The van der Waals surface area contributed by atoms with Gasteiger partial charge in [-0.15, -0.1) is 0 Å². The fraction of sp³-hybridized carbons (Fsp3) is 1.00. The second-order valence-corrected chi connectivity index (χ2v) is 5.50. The molecule has 92 valence electrons. The Hall–Kier alpha value is -0.0800. The molecule has 0 aliphatic heterocycles. The van der Waals surface area contributed by atoms with Gasteiger partial charge in [-0.05, 0) is 32.4 Å². The molecule has 1 N–H and O–H groups in total. The van der Waals surface area contributed by atoms with Gasteiger partial charge in [-0.1, -0.05) is 34.1 Å². The molecule has 0 fully saturated rings.